The third-order valence-corrected chi connectivity index (χ3v) is 3.16. The van der Waals surface area contributed by atoms with Crippen molar-refractivity contribution in [3.8, 4) is 0 Å². The molecule has 0 aliphatic rings. The molecule has 2 N–H and O–H groups in total. The van der Waals surface area contributed by atoms with Crippen molar-refractivity contribution in [2.45, 2.75) is 20.0 Å². The molecule has 0 aliphatic heterocycles. The first kappa shape index (κ1) is 23.4. The number of nitro groups is 1. The zero-order valence-corrected chi connectivity index (χ0v) is 15.2. The van der Waals surface area contributed by atoms with Crippen LogP contribution in [0.2, 0.25) is 0 Å². The third kappa shape index (κ3) is 6.48. The zero-order valence-electron chi connectivity index (χ0n) is 15.2. The molecule has 158 valence electrons. The molecule has 0 aliphatic carbocycles. The summed E-state index contributed by atoms with van der Waals surface area (Å²) in [6.07, 6.45) is -4.11. The lowest BCUT2D eigenvalue weighted by molar-refractivity contribution is -0.385. The van der Waals surface area contributed by atoms with E-state index in [0.717, 1.165) is 6.20 Å². The molecule has 0 bridgehead atoms. The molecular weight excluding hydrogens is 403 g/mol. The molecule has 0 spiro atoms. The van der Waals surface area contributed by atoms with Crippen LogP contribution < -0.4 is 10.9 Å². The van der Waals surface area contributed by atoms with E-state index in [1.807, 2.05) is 5.43 Å². The molecule has 0 fully saturated rings. The number of nitrogens with zero attached hydrogens (tertiary/aromatic N) is 1. The number of esters is 2. The second-order valence-corrected chi connectivity index (χ2v) is 5.08. The van der Waals surface area contributed by atoms with E-state index >= 15 is 0 Å². The Labute approximate surface area is 161 Å². The smallest absolute Gasteiger partial charge is 0.416 e. The van der Waals surface area contributed by atoms with Gasteiger partial charge in [-0.3, -0.25) is 20.3 Å². The number of rotatable bonds is 8. The van der Waals surface area contributed by atoms with Crippen LogP contribution in [0.25, 0.3) is 0 Å². The van der Waals surface area contributed by atoms with Gasteiger partial charge < -0.3 is 14.9 Å². The summed E-state index contributed by atoms with van der Waals surface area (Å²) < 4.78 is 47.4. The van der Waals surface area contributed by atoms with Gasteiger partial charge >= 0.3 is 18.1 Å². The van der Waals surface area contributed by atoms with Crippen molar-refractivity contribution in [3.05, 3.63) is 51.2 Å². The maximum Gasteiger partial charge on any atom is 0.416 e. The van der Waals surface area contributed by atoms with Gasteiger partial charge in [0.05, 0.1) is 23.7 Å². The lowest BCUT2D eigenvalue weighted by Crippen LogP contribution is -2.35. The fourth-order valence-electron chi connectivity index (χ4n) is 1.91. The van der Waals surface area contributed by atoms with Gasteiger partial charge in [-0.2, -0.15) is 13.2 Å². The average Bonchev–Trinajstić information content (AvgIpc) is 2.64. The minimum Gasteiger partial charge on any atom is -0.462 e. The second-order valence-electron chi connectivity index (χ2n) is 5.08. The van der Waals surface area contributed by atoms with Crippen molar-refractivity contribution >= 4 is 23.5 Å². The topological polar surface area (TPSA) is 137 Å². The van der Waals surface area contributed by atoms with Gasteiger partial charge in [0, 0.05) is 12.3 Å². The number of halogens is 3. The summed E-state index contributed by atoms with van der Waals surface area (Å²) in [4.78, 5) is 45.4. The molecule has 1 rings (SSSR count). The number of hydrogen-bond acceptors (Lipinski definition) is 8. The molecule has 0 saturated carbocycles. The zero-order chi connectivity index (χ0) is 22.2. The summed E-state index contributed by atoms with van der Waals surface area (Å²) in [5.41, 5.74) is 0.289. The maximum absolute atomic E-state index is 12.7. The standard InChI is InChI=1S/C16H16F3N3O7/c1-3-28-14(24)11(15(25)29-4-2)8-20-21-13(23)10-6-5-9(16(17,18)19)7-12(10)22(26)27/h5-8,20H,3-4H2,1-2H3,(H,21,23). The number of nitrogens with one attached hydrogen (secondary N) is 2. The van der Waals surface area contributed by atoms with Gasteiger partial charge in [0.2, 0.25) is 0 Å². The lowest BCUT2D eigenvalue weighted by atomic mass is 10.1. The predicted molar refractivity (Wildman–Crippen MR) is 90.0 cm³/mol. The first-order valence-corrected chi connectivity index (χ1v) is 7.98. The van der Waals surface area contributed by atoms with E-state index in [4.69, 9.17) is 0 Å². The normalized spacial score (nSPS) is 10.5. The molecule has 1 aromatic carbocycles. The fourth-order valence-corrected chi connectivity index (χ4v) is 1.91. The van der Waals surface area contributed by atoms with Gasteiger partial charge in [0.1, 0.15) is 5.56 Å². The minimum absolute atomic E-state index is 0.0559. The van der Waals surface area contributed by atoms with Crippen LogP contribution >= 0.6 is 0 Å². The second kappa shape index (κ2) is 10.1. The van der Waals surface area contributed by atoms with Crippen LogP contribution in [-0.4, -0.2) is 36.0 Å². The van der Waals surface area contributed by atoms with Crippen LogP contribution in [0.15, 0.2) is 30.0 Å². The number of amides is 1. The molecule has 0 unspecified atom stereocenters. The molecule has 1 aromatic rings. The summed E-state index contributed by atoms with van der Waals surface area (Å²) in [5.74, 6) is -3.31. The van der Waals surface area contributed by atoms with Crippen LogP contribution in [-0.2, 0) is 25.2 Å². The summed E-state index contributed by atoms with van der Waals surface area (Å²) in [6.45, 7) is 2.86. The summed E-state index contributed by atoms with van der Waals surface area (Å²) in [5, 5.41) is 11.0. The molecular formula is C16H16F3N3O7. The van der Waals surface area contributed by atoms with Crippen LogP contribution in [0.4, 0.5) is 18.9 Å². The van der Waals surface area contributed by atoms with Crippen LogP contribution in [0.3, 0.4) is 0 Å². The predicted octanol–water partition coefficient (Wildman–Crippen LogP) is 1.86. The number of carbonyl (C=O) groups is 3. The monoisotopic (exact) mass is 419 g/mol. The van der Waals surface area contributed by atoms with Gasteiger partial charge in [-0.05, 0) is 26.0 Å². The Bertz CT molecular complexity index is 818. The maximum atomic E-state index is 12.7. The highest BCUT2D eigenvalue weighted by molar-refractivity contribution is 6.14. The Morgan fingerprint density at radius 1 is 1.14 bits per heavy atom. The van der Waals surface area contributed by atoms with E-state index in [2.05, 4.69) is 14.9 Å². The van der Waals surface area contributed by atoms with Crippen LogP contribution in [0.1, 0.15) is 29.8 Å². The molecule has 0 heterocycles. The van der Waals surface area contributed by atoms with Crippen LogP contribution in [0.5, 0.6) is 0 Å². The molecule has 0 saturated heterocycles. The Kier molecular flexibility index (Phi) is 8.11. The van der Waals surface area contributed by atoms with Gasteiger partial charge in [-0.15, -0.1) is 0 Å². The Hall–Kier alpha value is -3.64. The fraction of sp³-hybridized carbons (Fsp3) is 0.312. The quantitative estimate of drug-likeness (QED) is 0.163. The average molecular weight is 419 g/mol. The van der Waals surface area contributed by atoms with Crippen molar-refractivity contribution in [1.29, 1.82) is 0 Å². The molecule has 0 aromatic heterocycles. The minimum atomic E-state index is -4.84. The Balaban J connectivity index is 3.05. The van der Waals surface area contributed by atoms with Crippen molar-refractivity contribution in [2.75, 3.05) is 13.2 Å². The highest BCUT2D eigenvalue weighted by Crippen LogP contribution is 2.32. The number of benzene rings is 1. The summed E-state index contributed by atoms with van der Waals surface area (Å²) >= 11 is 0. The molecule has 10 nitrogen and oxygen atoms in total. The summed E-state index contributed by atoms with van der Waals surface area (Å²) in [6, 6.07) is 1.34. The van der Waals surface area contributed by atoms with E-state index in [1.165, 1.54) is 13.8 Å². The van der Waals surface area contributed by atoms with Crippen molar-refractivity contribution in [2.24, 2.45) is 0 Å². The highest BCUT2D eigenvalue weighted by atomic mass is 19.4. The van der Waals surface area contributed by atoms with Crippen LogP contribution in [0, 0.1) is 10.1 Å². The SMILES string of the molecule is CCOC(=O)C(=CNNC(=O)c1ccc(C(F)(F)F)cc1[N+](=O)[O-])C(=O)OCC. The van der Waals surface area contributed by atoms with E-state index < -0.39 is 51.3 Å². The van der Waals surface area contributed by atoms with Gasteiger partial charge in [0.25, 0.3) is 11.6 Å². The number of nitro benzene ring substituents is 1. The third-order valence-electron chi connectivity index (χ3n) is 3.16. The van der Waals surface area contributed by atoms with Crippen molar-refractivity contribution < 1.29 is 42.0 Å². The molecule has 0 atom stereocenters. The largest absolute Gasteiger partial charge is 0.462 e. The first-order chi connectivity index (χ1) is 13.5. The molecule has 13 heteroatoms. The number of carbonyl (C=O) groups excluding carboxylic acids is 3. The Morgan fingerprint density at radius 3 is 2.14 bits per heavy atom. The number of hydrazine groups is 1. The van der Waals surface area contributed by atoms with Gasteiger partial charge in [0.15, 0.2) is 5.57 Å². The van der Waals surface area contributed by atoms with E-state index in [0.29, 0.717) is 12.1 Å². The number of alkyl halides is 3. The highest BCUT2D eigenvalue weighted by Gasteiger charge is 2.34. The van der Waals surface area contributed by atoms with Gasteiger partial charge in [-0.1, -0.05) is 0 Å². The number of ether oxygens (including phenoxy) is 2. The Morgan fingerprint density at radius 2 is 1.69 bits per heavy atom. The lowest BCUT2D eigenvalue weighted by Gasteiger charge is -2.10. The van der Waals surface area contributed by atoms with Gasteiger partial charge in [-0.25, -0.2) is 9.59 Å². The summed E-state index contributed by atoms with van der Waals surface area (Å²) in [7, 11) is 0. The van der Waals surface area contributed by atoms with Crippen molar-refractivity contribution in [1.82, 2.24) is 10.9 Å². The van der Waals surface area contributed by atoms with E-state index in [9.17, 15) is 37.7 Å². The van der Waals surface area contributed by atoms with E-state index in [1.54, 1.807) is 0 Å². The molecule has 1 amide bonds. The molecule has 0 radical (unpaired) electrons. The molecule has 29 heavy (non-hydrogen) atoms. The van der Waals surface area contributed by atoms with E-state index in [-0.39, 0.29) is 19.3 Å². The number of hydrogen-bond donors (Lipinski definition) is 2. The first-order valence-electron chi connectivity index (χ1n) is 7.98. The van der Waals surface area contributed by atoms with Crippen molar-refractivity contribution in [3.63, 3.8) is 0 Å².